The Kier molecular flexibility index (Phi) is 13.0. The second-order valence-electron chi connectivity index (χ2n) is 10.3. The number of para-hydroxylation sites is 1. The number of carbonyl (C=O) groups is 5. The topological polar surface area (TPSA) is 239 Å². The number of rotatable bonds is 17. The van der Waals surface area contributed by atoms with Gasteiger partial charge in [-0.3, -0.25) is 28.5 Å². The van der Waals surface area contributed by atoms with E-state index in [-0.39, 0.29) is 25.0 Å². The van der Waals surface area contributed by atoms with E-state index in [9.17, 15) is 32.4 Å². The smallest absolute Gasteiger partial charge is 0.368 e. The highest BCUT2D eigenvalue weighted by Crippen LogP contribution is 2.19. The van der Waals surface area contributed by atoms with Gasteiger partial charge in [-0.15, -0.1) is 0 Å². The molecule has 0 bridgehead atoms. The second kappa shape index (κ2) is 16.6. The molecule has 0 fully saturated rings. The predicted molar refractivity (Wildman–Crippen MR) is 171 cm³/mol. The molecule has 0 aliphatic heterocycles. The van der Waals surface area contributed by atoms with Gasteiger partial charge in [-0.2, -0.15) is 20.2 Å². The third kappa shape index (κ3) is 11.4. The summed E-state index contributed by atoms with van der Waals surface area (Å²) < 4.78 is 35.0. The number of carbonyl (C=O) groups excluding carboxylic acids is 5. The number of H-pyrrole nitrogens is 1. The van der Waals surface area contributed by atoms with Crippen LogP contribution in [0.5, 0.6) is 5.75 Å². The van der Waals surface area contributed by atoms with E-state index < -0.39 is 64.6 Å². The molecule has 3 rings (SSSR count). The summed E-state index contributed by atoms with van der Waals surface area (Å²) in [5.74, 6) is -2.93. The van der Waals surface area contributed by atoms with E-state index in [2.05, 4.69) is 30.4 Å². The van der Waals surface area contributed by atoms with Crippen molar-refractivity contribution in [3.8, 4) is 5.75 Å². The molecule has 0 unspecified atom stereocenters. The van der Waals surface area contributed by atoms with Gasteiger partial charge >= 0.3 is 10.4 Å². The summed E-state index contributed by atoms with van der Waals surface area (Å²) in [6, 6.07) is 9.64. The summed E-state index contributed by atoms with van der Waals surface area (Å²) in [6.45, 7) is 0.729. The maximum absolute atomic E-state index is 13.2. The van der Waals surface area contributed by atoms with Gasteiger partial charge in [-0.25, -0.2) is 0 Å². The van der Waals surface area contributed by atoms with E-state index in [4.69, 9.17) is 10.3 Å². The van der Waals surface area contributed by atoms with Crippen molar-refractivity contribution in [2.75, 3.05) is 18.6 Å². The summed E-state index contributed by atoms with van der Waals surface area (Å²) in [4.78, 5) is 66.1. The number of fused-ring (bicyclic) bond motifs is 1. The lowest BCUT2D eigenvalue weighted by Crippen LogP contribution is -2.55. The van der Waals surface area contributed by atoms with Crippen LogP contribution in [0.3, 0.4) is 0 Å². The van der Waals surface area contributed by atoms with Crippen LogP contribution >= 0.6 is 11.8 Å². The van der Waals surface area contributed by atoms with Gasteiger partial charge in [-0.05, 0) is 47.8 Å². The van der Waals surface area contributed by atoms with Gasteiger partial charge in [0.15, 0.2) is 0 Å². The normalized spacial score (nSPS) is 13.2. The number of nitrogens with two attached hydrogens (primary N) is 1. The second-order valence-corrected chi connectivity index (χ2v) is 12.3. The van der Waals surface area contributed by atoms with Crippen molar-refractivity contribution in [3.63, 3.8) is 0 Å². The minimum absolute atomic E-state index is 0.0260. The first-order chi connectivity index (χ1) is 21.8. The molecule has 248 valence electrons. The maximum atomic E-state index is 13.2. The van der Waals surface area contributed by atoms with Crippen LogP contribution < -0.4 is 31.2 Å². The SMILES string of the molecule is CSCC[C@H](NC(=O)[C@H](Cc1ccc(OS(=O)(=O)O)cc1)NC(C)=O)C(=O)NCC(=O)N[C@@H](Cc1c[nH]c2ccccc12)C(N)=O. The zero-order valence-corrected chi connectivity index (χ0v) is 26.7. The van der Waals surface area contributed by atoms with Crippen LogP contribution in [0.4, 0.5) is 0 Å². The van der Waals surface area contributed by atoms with Crippen molar-refractivity contribution in [1.82, 2.24) is 26.3 Å². The van der Waals surface area contributed by atoms with Crippen molar-refractivity contribution in [1.29, 1.82) is 0 Å². The highest BCUT2D eigenvalue weighted by molar-refractivity contribution is 7.98. The maximum Gasteiger partial charge on any atom is 0.446 e. The minimum atomic E-state index is -4.72. The summed E-state index contributed by atoms with van der Waals surface area (Å²) in [5.41, 5.74) is 7.69. The Morgan fingerprint density at radius 3 is 2.26 bits per heavy atom. The summed E-state index contributed by atoms with van der Waals surface area (Å²) in [7, 11) is -4.72. The summed E-state index contributed by atoms with van der Waals surface area (Å²) >= 11 is 1.43. The number of amides is 5. The zero-order valence-electron chi connectivity index (χ0n) is 25.1. The Morgan fingerprint density at radius 1 is 0.935 bits per heavy atom. The van der Waals surface area contributed by atoms with Crippen LogP contribution in [0.15, 0.2) is 54.7 Å². The van der Waals surface area contributed by atoms with Crippen LogP contribution in [-0.2, 0) is 47.2 Å². The van der Waals surface area contributed by atoms with Crippen molar-refractivity contribution in [3.05, 3.63) is 65.9 Å². The number of hydrogen-bond acceptors (Lipinski definition) is 9. The fraction of sp³-hybridized carbons (Fsp3) is 0.345. The zero-order chi connectivity index (χ0) is 33.9. The third-order valence-electron chi connectivity index (χ3n) is 6.70. The quantitative estimate of drug-likeness (QED) is 0.0942. The average molecular weight is 677 g/mol. The van der Waals surface area contributed by atoms with Crippen LogP contribution in [-0.4, -0.2) is 84.2 Å². The molecular weight excluding hydrogens is 640 g/mol. The molecule has 0 spiro atoms. The van der Waals surface area contributed by atoms with Crippen molar-refractivity contribution in [2.45, 2.75) is 44.3 Å². The lowest BCUT2D eigenvalue weighted by Gasteiger charge is -2.23. The Hall–Kier alpha value is -4.61. The van der Waals surface area contributed by atoms with E-state index in [0.717, 1.165) is 16.5 Å². The molecule has 0 saturated heterocycles. The first kappa shape index (κ1) is 35.9. The van der Waals surface area contributed by atoms with Gasteiger partial charge in [0, 0.05) is 36.9 Å². The Morgan fingerprint density at radius 2 is 1.63 bits per heavy atom. The summed E-state index contributed by atoms with van der Waals surface area (Å²) in [5, 5.41) is 11.1. The molecule has 46 heavy (non-hydrogen) atoms. The molecule has 0 saturated carbocycles. The number of benzene rings is 2. The van der Waals surface area contributed by atoms with Gasteiger partial charge in [0.2, 0.25) is 29.5 Å². The van der Waals surface area contributed by atoms with E-state index in [1.807, 2.05) is 30.5 Å². The van der Waals surface area contributed by atoms with E-state index in [1.165, 1.54) is 43.0 Å². The van der Waals surface area contributed by atoms with Crippen molar-refractivity contribution < 1.29 is 41.1 Å². The third-order valence-corrected chi connectivity index (χ3v) is 7.75. The fourth-order valence-electron chi connectivity index (χ4n) is 4.55. The molecule has 1 heterocycles. The van der Waals surface area contributed by atoms with Crippen LogP contribution in [0.1, 0.15) is 24.5 Å². The standard InChI is InChI=1S/C29H36N6O9S2/c1-17(36)33-25(13-18-7-9-20(10-8-18)44-46(41,42)43)29(40)35-23(11-12-45-2)28(39)32-16-26(37)34-24(27(30)38)14-19-15-31-22-6-4-3-5-21(19)22/h3-10,15,23-25,31H,11-14,16H2,1-2H3,(H2,30,38)(H,32,39)(H,33,36)(H,34,37)(H,35,40)(H,41,42,43)/t23-,24-,25-/m0/s1. The first-order valence-electron chi connectivity index (χ1n) is 14.0. The Bertz CT molecular complexity index is 1660. The van der Waals surface area contributed by atoms with Crippen LogP contribution in [0.25, 0.3) is 10.9 Å². The molecule has 0 radical (unpaired) electrons. The molecule has 5 amide bonds. The molecule has 2 aromatic carbocycles. The molecule has 3 atom stereocenters. The molecule has 3 aromatic rings. The van der Waals surface area contributed by atoms with E-state index >= 15 is 0 Å². The summed E-state index contributed by atoms with van der Waals surface area (Å²) in [6.07, 6.45) is 3.86. The monoisotopic (exact) mass is 676 g/mol. The first-order valence-corrected chi connectivity index (χ1v) is 16.7. The lowest BCUT2D eigenvalue weighted by molar-refractivity contribution is -0.132. The number of hydrogen-bond donors (Lipinski definition) is 7. The van der Waals surface area contributed by atoms with Gasteiger partial charge < -0.3 is 36.2 Å². The van der Waals surface area contributed by atoms with Crippen LogP contribution in [0, 0.1) is 0 Å². The highest BCUT2D eigenvalue weighted by atomic mass is 32.3. The molecule has 0 aliphatic rings. The number of nitrogens with one attached hydrogen (secondary N) is 5. The van der Waals surface area contributed by atoms with Gasteiger partial charge in [0.1, 0.15) is 23.9 Å². The highest BCUT2D eigenvalue weighted by Gasteiger charge is 2.27. The van der Waals surface area contributed by atoms with Gasteiger partial charge in [0.25, 0.3) is 0 Å². The average Bonchev–Trinajstić information content (AvgIpc) is 3.39. The largest absolute Gasteiger partial charge is 0.446 e. The van der Waals surface area contributed by atoms with E-state index in [0.29, 0.717) is 11.3 Å². The Labute approximate surface area is 269 Å². The Balaban J connectivity index is 1.62. The lowest BCUT2D eigenvalue weighted by atomic mass is 10.0. The van der Waals surface area contributed by atoms with Crippen molar-refractivity contribution in [2.24, 2.45) is 5.73 Å². The van der Waals surface area contributed by atoms with Crippen molar-refractivity contribution >= 4 is 62.6 Å². The number of thioether (sulfide) groups is 1. The number of aromatic amines is 1. The molecule has 15 nitrogen and oxygen atoms in total. The minimum Gasteiger partial charge on any atom is -0.368 e. The molecule has 0 aliphatic carbocycles. The number of primary amides is 1. The van der Waals surface area contributed by atoms with E-state index in [1.54, 1.807) is 6.20 Å². The van der Waals surface area contributed by atoms with Gasteiger partial charge in [0.05, 0.1) is 6.54 Å². The van der Waals surface area contributed by atoms with Crippen LogP contribution in [0.2, 0.25) is 0 Å². The molecular formula is C29H36N6O9S2. The predicted octanol–water partition coefficient (Wildman–Crippen LogP) is -0.0364. The molecule has 17 heteroatoms. The number of aromatic nitrogens is 1. The molecule has 1 aromatic heterocycles. The molecule has 8 N–H and O–H groups in total. The fourth-order valence-corrected chi connectivity index (χ4v) is 5.37. The van der Waals surface area contributed by atoms with Gasteiger partial charge in [-0.1, -0.05) is 30.3 Å².